The Hall–Kier alpha value is -2.80. The lowest BCUT2D eigenvalue weighted by molar-refractivity contribution is 0.459. The molecule has 2 N–H and O–H groups in total. The van der Waals surface area contributed by atoms with Crippen molar-refractivity contribution in [1.29, 1.82) is 0 Å². The van der Waals surface area contributed by atoms with E-state index in [1.54, 1.807) is 0 Å². The number of rotatable bonds is 2. The van der Waals surface area contributed by atoms with Gasteiger partial charge in [0.2, 0.25) is 5.88 Å². The second kappa shape index (κ2) is 5.44. The summed E-state index contributed by atoms with van der Waals surface area (Å²) >= 11 is 3.42. The molecule has 4 aromatic rings. The van der Waals surface area contributed by atoms with E-state index in [1.165, 1.54) is 6.33 Å². The summed E-state index contributed by atoms with van der Waals surface area (Å²) in [6.07, 6.45) is 1.45. The molecule has 0 amide bonds. The van der Waals surface area contributed by atoms with Crippen LogP contribution in [0.4, 0.5) is 11.5 Å². The third kappa shape index (κ3) is 2.44. The van der Waals surface area contributed by atoms with Crippen molar-refractivity contribution in [2.45, 2.75) is 0 Å². The molecule has 0 aliphatic heterocycles. The number of aromatic amines is 1. The molecular weight excluding hydrogens is 358 g/mol. The first-order valence-electron chi connectivity index (χ1n) is 6.84. The van der Waals surface area contributed by atoms with E-state index in [0.717, 1.165) is 26.3 Å². The van der Waals surface area contributed by atoms with Crippen LogP contribution < -0.4 is 0 Å². The summed E-state index contributed by atoms with van der Waals surface area (Å²) < 4.78 is 0.896. The first-order chi connectivity index (χ1) is 11.2. The third-order valence-corrected chi connectivity index (χ3v) is 3.97. The minimum atomic E-state index is -0.0276. The molecule has 0 radical (unpaired) electrons. The molecule has 0 aliphatic rings. The Morgan fingerprint density at radius 1 is 1.00 bits per heavy atom. The van der Waals surface area contributed by atoms with Crippen molar-refractivity contribution >= 4 is 49.2 Å². The number of para-hydroxylation sites is 1. The lowest BCUT2D eigenvalue weighted by Gasteiger charge is -1.98. The predicted molar refractivity (Wildman–Crippen MR) is 91.4 cm³/mol. The van der Waals surface area contributed by atoms with Gasteiger partial charge < -0.3 is 10.1 Å². The number of azo groups is 1. The van der Waals surface area contributed by atoms with Crippen molar-refractivity contribution in [3.8, 4) is 5.88 Å². The molecule has 2 heterocycles. The first-order valence-corrected chi connectivity index (χ1v) is 7.63. The molecule has 6 nitrogen and oxygen atoms in total. The second-order valence-corrected chi connectivity index (χ2v) is 5.84. The maximum atomic E-state index is 10.1. The van der Waals surface area contributed by atoms with E-state index in [9.17, 15) is 5.11 Å². The molecule has 4 rings (SSSR count). The Bertz CT molecular complexity index is 1050. The fourth-order valence-electron chi connectivity index (χ4n) is 2.40. The largest absolute Gasteiger partial charge is 0.493 e. The summed E-state index contributed by atoms with van der Waals surface area (Å²) in [7, 11) is 0. The highest BCUT2D eigenvalue weighted by molar-refractivity contribution is 9.10. The van der Waals surface area contributed by atoms with E-state index in [0.29, 0.717) is 11.5 Å². The van der Waals surface area contributed by atoms with E-state index in [1.807, 2.05) is 42.5 Å². The van der Waals surface area contributed by atoms with Crippen LogP contribution in [0, 0.1) is 0 Å². The average molecular weight is 368 g/mol. The zero-order chi connectivity index (χ0) is 15.8. The Balaban J connectivity index is 1.85. The van der Waals surface area contributed by atoms with Gasteiger partial charge in [-0.2, -0.15) is 0 Å². The minimum absolute atomic E-state index is 0.0276. The summed E-state index contributed by atoms with van der Waals surface area (Å²) in [5.41, 5.74) is 1.96. The predicted octanol–water partition coefficient (Wildman–Crippen LogP) is 4.99. The smallest absolute Gasteiger partial charge is 0.218 e. The van der Waals surface area contributed by atoms with Crippen molar-refractivity contribution in [2.24, 2.45) is 10.2 Å². The number of hydrogen-bond donors (Lipinski definition) is 2. The van der Waals surface area contributed by atoms with Crippen LogP contribution in [-0.2, 0) is 0 Å². The van der Waals surface area contributed by atoms with Crippen molar-refractivity contribution in [3.63, 3.8) is 0 Å². The van der Waals surface area contributed by atoms with Gasteiger partial charge in [-0.25, -0.2) is 9.97 Å². The number of nitrogens with zero attached hydrogens (tertiary/aromatic N) is 4. The van der Waals surface area contributed by atoms with Gasteiger partial charge in [-0.3, -0.25) is 0 Å². The van der Waals surface area contributed by atoms with E-state index in [4.69, 9.17) is 0 Å². The van der Waals surface area contributed by atoms with E-state index in [-0.39, 0.29) is 5.88 Å². The summed E-state index contributed by atoms with van der Waals surface area (Å²) in [6.45, 7) is 0. The van der Waals surface area contributed by atoms with Gasteiger partial charge >= 0.3 is 0 Å². The van der Waals surface area contributed by atoms with Crippen LogP contribution >= 0.6 is 15.9 Å². The molecule has 23 heavy (non-hydrogen) atoms. The quantitative estimate of drug-likeness (QED) is 0.489. The van der Waals surface area contributed by atoms with Crippen LogP contribution in [0.5, 0.6) is 5.88 Å². The maximum absolute atomic E-state index is 10.1. The standard InChI is InChI=1S/C16H10BrN5O/c17-9-5-6-13-11(7-9)14(16(23)20-13)21-22-15-10-3-1-2-4-12(10)18-8-19-15/h1-8,20,23H. The SMILES string of the molecule is Oc1[nH]c2ccc(Br)cc2c1N=Nc1ncnc2ccccc12. The molecule has 0 atom stereocenters. The van der Waals surface area contributed by atoms with Crippen molar-refractivity contribution < 1.29 is 5.11 Å². The molecule has 112 valence electrons. The molecular formula is C16H10BrN5O. The summed E-state index contributed by atoms with van der Waals surface area (Å²) in [5.74, 6) is 0.430. The number of halogens is 1. The molecule has 0 bridgehead atoms. The lowest BCUT2D eigenvalue weighted by atomic mass is 10.2. The molecule has 0 spiro atoms. The molecule has 2 aromatic heterocycles. The fraction of sp³-hybridized carbons (Fsp3) is 0. The number of nitrogens with one attached hydrogen (secondary N) is 1. The highest BCUT2D eigenvalue weighted by Gasteiger charge is 2.11. The van der Waals surface area contributed by atoms with Gasteiger partial charge in [-0.05, 0) is 30.3 Å². The number of benzene rings is 2. The highest BCUT2D eigenvalue weighted by Crippen LogP contribution is 2.37. The number of H-pyrrole nitrogens is 1. The van der Waals surface area contributed by atoms with E-state index >= 15 is 0 Å². The van der Waals surface area contributed by atoms with Crippen molar-refractivity contribution in [2.75, 3.05) is 0 Å². The summed E-state index contributed by atoms with van der Waals surface area (Å²) in [6, 6.07) is 13.2. The monoisotopic (exact) mass is 367 g/mol. The Morgan fingerprint density at radius 3 is 2.78 bits per heavy atom. The molecule has 0 saturated carbocycles. The van der Waals surface area contributed by atoms with E-state index < -0.39 is 0 Å². The van der Waals surface area contributed by atoms with Crippen LogP contribution in [0.2, 0.25) is 0 Å². The number of aromatic nitrogens is 3. The van der Waals surface area contributed by atoms with Crippen LogP contribution in [0.15, 0.2) is 63.5 Å². The Kier molecular flexibility index (Phi) is 3.27. The van der Waals surface area contributed by atoms with Crippen LogP contribution in [0.25, 0.3) is 21.8 Å². The van der Waals surface area contributed by atoms with Crippen molar-refractivity contribution in [3.05, 3.63) is 53.3 Å². The molecule has 0 fully saturated rings. The van der Waals surface area contributed by atoms with Gasteiger partial charge in [0.15, 0.2) is 11.5 Å². The Morgan fingerprint density at radius 2 is 1.87 bits per heavy atom. The number of hydrogen-bond acceptors (Lipinski definition) is 5. The van der Waals surface area contributed by atoms with Gasteiger partial charge in [-0.1, -0.05) is 28.1 Å². The first kappa shape index (κ1) is 13.8. The third-order valence-electron chi connectivity index (χ3n) is 3.48. The van der Waals surface area contributed by atoms with Gasteiger partial charge in [0.05, 0.1) is 11.0 Å². The highest BCUT2D eigenvalue weighted by atomic mass is 79.9. The number of aromatic hydroxyl groups is 1. The fourth-order valence-corrected chi connectivity index (χ4v) is 2.77. The van der Waals surface area contributed by atoms with Gasteiger partial charge in [0.25, 0.3) is 0 Å². The molecule has 0 unspecified atom stereocenters. The molecule has 0 saturated heterocycles. The van der Waals surface area contributed by atoms with Gasteiger partial charge in [0, 0.05) is 15.2 Å². The second-order valence-electron chi connectivity index (χ2n) is 4.93. The molecule has 2 aromatic carbocycles. The van der Waals surface area contributed by atoms with Crippen LogP contribution in [-0.4, -0.2) is 20.1 Å². The molecule has 7 heteroatoms. The number of fused-ring (bicyclic) bond motifs is 2. The minimum Gasteiger partial charge on any atom is -0.493 e. The zero-order valence-corrected chi connectivity index (χ0v) is 13.3. The topological polar surface area (TPSA) is 86.5 Å². The normalized spacial score (nSPS) is 11.7. The Labute approximate surface area is 139 Å². The van der Waals surface area contributed by atoms with E-state index in [2.05, 4.69) is 41.1 Å². The van der Waals surface area contributed by atoms with Crippen LogP contribution in [0.3, 0.4) is 0 Å². The summed E-state index contributed by atoms with van der Waals surface area (Å²) in [4.78, 5) is 11.2. The average Bonchev–Trinajstić information content (AvgIpc) is 2.87. The van der Waals surface area contributed by atoms with Gasteiger partial charge in [-0.15, -0.1) is 10.2 Å². The lowest BCUT2D eigenvalue weighted by Crippen LogP contribution is -1.81. The van der Waals surface area contributed by atoms with Crippen molar-refractivity contribution in [1.82, 2.24) is 15.0 Å². The van der Waals surface area contributed by atoms with Crippen LogP contribution in [0.1, 0.15) is 0 Å². The zero-order valence-electron chi connectivity index (χ0n) is 11.7. The maximum Gasteiger partial charge on any atom is 0.218 e. The molecule has 0 aliphatic carbocycles. The summed E-state index contributed by atoms with van der Waals surface area (Å²) in [5, 5.41) is 20.0. The van der Waals surface area contributed by atoms with Gasteiger partial charge in [0.1, 0.15) is 6.33 Å².